The van der Waals surface area contributed by atoms with E-state index in [1.54, 1.807) is 0 Å². The number of fused-ring (bicyclic) bond motifs is 1. The molecule has 0 aliphatic heterocycles. The lowest BCUT2D eigenvalue weighted by atomic mass is 9.93. The zero-order valence-corrected chi connectivity index (χ0v) is 11.9. The molecular weight excluding hydrogens is 234 g/mol. The van der Waals surface area contributed by atoms with E-state index in [1.165, 1.54) is 40.9 Å². The van der Waals surface area contributed by atoms with E-state index < -0.39 is 0 Å². The molecule has 0 saturated heterocycles. The van der Waals surface area contributed by atoms with E-state index in [0.717, 1.165) is 6.42 Å². The number of hydrogen-bond acceptors (Lipinski definition) is 2. The van der Waals surface area contributed by atoms with Gasteiger partial charge < -0.3 is 5.32 Å². The molecule has 100 valence electrons. The van der Waals surface area contributed by atoms with Crippen molar-refractivity contribution in [2.24, 2.45) is 0 Å². The van der Waals surface area contributed by atoms with Gasteiger partial charge in [0.1, 0.15) is 0 Å². The molecule has 1 aromatic carbocycles. The van der Waals surface area contributed by atoms with Gasteiger partial charge in [-0.2, -0.15) is 5.10 Å². The summed E-state index contributed by atoms with van der Waals surface area (Å²) in [7, 11) is 2.04. The minimum Gasteiger partial charge on any atom is -0.313 e. The topological polar surface area (TPSA) is 29.9 Å². The summed E-state index contributed by atoms with van der Waals surface area (Å²) in [5.41, 5.74) is 6.53. The highest BCUT2D eigenvalue weighted by atomic mass is 15.3. The summed E-state index contributed by atoms with van der Waals surface area (Å²) < 4.78 is 2.14. The summed E-state index contributed by atoms with van der Waals surface area (Å²) in [6.07, 6.45) is 5.61. The predicted octanol–water partition coefficient (Wildman–Crippen LogP) is 3.09. The Morgan fingerprint density at radius 1 is 1.32 bits per heavy atom. The molecule has 3 nitrogen and oxygen atoms in total. The number of hydrogen-bond donors (Lipinski definition) is 1. The smallest absolute Gasteiger partial charge is 0.0680 e. The van der Waals surface area contributed by atoms with Crippen LogP contribution in [0.3, 0.4) is 0 Å². The monoisotopic (exact) mass is 255 g/mol. The van der Waals surface area contributed by atoms with E-state index in [1.807, 2.05) is 13.2 Å². The van der Waals surface area contributed by atoms with Gasteiger partial charge >= 0.3 is 0 Å². The van der Waals surface area contributed by atoms with Crippen molar-refractivity contribution in [2.45, 2.75) is 39.2 Å². The minimum atomic E-state index is 0.461. The first-order valence-electron chi connectivity index (χ1n) is 7.02. The Bertz CT molecular complexity index is 598. The molecule has 1 N–H and O–H groups in total. The lowest BCUT2D eigenvalue weighted by Gasteiger charge is -2.23. The van der Waals surface area contributed by atoms with Gasteiger partial charge in [-0.3, -0.25) is 0 Å². The Hall–Kier alpha value is -1.61. The first kappa shape index (κ1) is 12.4. The minimum absolute atomic E-state index is 0.461. The molecule has 19 heavy (non-hydrogen) atoms. The van der Waals surface area contributed by atoms with Crippen molar-refractivity contribution >= 4 is 0 Å². The molecular formula is C16H21N3. The van der Waals surface area contributed by atoms with Gasteiger partial charge in [0.05, 0.1) is 11.9 Å². The van der Waals surface area contributed by atoms with Crippen LogP contribution >= 0.6 is 0 Å². The summed E-state index contributed by atoms with van der Waals surface area (Å²) >= 11 is 0. The molecule has 0 saturated carbocycles. The van der Waals surface area contributed by atoms with E-state index in [4.69, 9.17) is 0 Å². The Balaban J connectivity index is 2.12. The van der Waals surface area contributed by atoms with Gasteiger partial charge in [-0.15, -0.1) is 0 Å². The lowest BCUT2D eigenvalue weighted by molar-refractivity contribution is 0.490. The quantitative estimate of drug-likeness (QED) is 0.893. The second-order valence-electron chi connectivity index (χ2n) is 5.48. The molecule has 3 heteroatoms. The van der Waals surface area contributed by atoms with Crippen molar-refractivity contribution in [3.8, 4) is 5.69 Å². The molecule has 3 rings (SSSR count). The number of aryl methyl sites for hydroxylation is 2. The Morgan fingerprint density at radius 2 is 2.16 bits per heavy atom. The summed E-state index contributed by atoms with van der Waals surface area (Å²) in [5.74, 6) is 0. The van der Waals surface area contributed by atoms with Gasteiger partial charge in [0.2, 0.25) is 0 Å². The maximum atomic E-state index is 4.64. The van der Waals surface area contributed by atoms with Gasteiger partial charge in [0.25, 0.3) is 0 Å². The number of nitrogens with zero attached hydrogens (tertiary/aromatic N) is 2. The second-order valence-corrected chi connectivity index (χ2v) is 5.48. The van der Waals surface area contributed by atoms with Gasteiger partial charge in [0, 0.05) is 17.3 Å². The molecule has 1 aliphatic rings. The van der Waals surface area contributed by atoms with Crippen LogP contribution in [0.25, 0.3) is 5.69 Å². The highest BCUT2D eigenvalue weighted by Crippen LogP contribution is 2.31. The van der Waals surface area contributed by atoms with Gasteiger partial charge in [-0.05, 0) is 57.4 Å². The molecule has 1 atom stereocenters. The van der Waals surface area contributed by atoms with Crippen molar-refractivity contribution in [2.75, 3.05) is 7.05 Å². The van der Waals surface area contributed by atoms with Crippen molar-refractivity contribution in [1.82, 2.24) is 15.1 Å². The van der Waals surface area contributed by atoms with E-state index in [-0.39, 0.29) is 0 Å². The Kier molecular flexibility index (Phi) is 3.15. The normalized spacial score (nSPS) is 18.4. The largest absolute Gasteiger partial charge is 0.313 e. The molecule has 1 aliphatic carbocycles. The highest BCUT2D eigenvalue weighted by molar-refractivity contribution is 5.45. The van der Waals surface area contributed by atoms with Gasteiger partial charge in [0.15, 0.2) is 0 Å². The Morgan fingerprint density at radius 3 is 2.95 bits per heavy atom. The molecule has 0 radical (unpaired) electrons. The second kappa shape index (κ2) is 4.82. The summed E-state index contributed by atoms with van der Waals surface area (Å²) in [5, 5.41) is 8.04. The summed E-state index contributed by atoms with van der Waals surface area (Å²) in [4.78, 5) is 0. The van der Waals surface area contributed by atoms with Crippen LogP contribution in [0.4, 0.5) is 0 Å². The molecule has 0 fully saturated rings. The van der Waals surface area contributed by atoms with E-state index >= 15 is 0 Å². The van der Waals surface area contributed by atoms with Crippen molar-refractivity contribution in [3.63, 3.8) is 0 Å². The average Bonchev–Trinajstić information content (AvgIpc) is 2.85. The molecule has 0 spiro atoms. The van der Waals surface area contributed by atoms with Crippen LogP contribution in [0.5, 0.6) is 0 Å². The fraction of sp³-hybridized carbons (Fsp3) is 0.438. The number of rotatable bonds is 2. The van der Waals surface area contributed by atoms with Gasteiger partial charge in [-0.1, -0.05) is 12.1 Å². The van der Waals surface area contributed by atoms with Crippen LogP contribution in [-0.2, 0) is 6.42 Å². The van der Waals surface area contributed by atoms with E-state index in [2.05, 4.69) is 47.1 Å². The van der Waals surface area contributed by atoms with Crippen LogP contribution in [-0.4, -0.2) is 16.8 Å². The molecule has 1 aromatic heterocycles. The Labute approximate surface area is 114 Å². The molecule has 1 unspecified atom stereocenters. The third-order valence-electron chi connectivity index (χ3n) is 4.12. The van der Waals surface area contributed by atoms with Crippen LogP contribution in [0, 0.1) is 13.8 Å². The third-order valence-corrected chi connectivity index (χ3v) is 4.12. The van der Waals surface area contributed by atoms with Crippen LogP contribution in [0.2, 0.25) is 0 Å². The maximum Gasteiger partial charge on any atom is 0.0680 e. The fourth-order valence-electron chi connectivity index (χ4n) is 3.01. The van der Waals surface area contributed by atoms with E-state index in [0.29, 0.717) is 6.04 Å². The lowest BCUT2D eigenvalue weighted by Crippen LogP contribution is -2.21. The maximum absolute atomic E-state index is 4.64. The SMILES string of the molecule is CNC1CCCc2c1cnn2-c1cc(C)ccc1C. The standard InChI is InChI=1S/C16H21N3/c1-11-7-8-12(2)16(9-11)19-15-6-4-5-14(17-3)13(15)10-18-19/h7-10,14,17H,4-6H2,1-3H3. The van der Waals surface area contributed by atoms with Crippen molar-refractivity contribution in [1.29, 1.82) is 0 Å². The highest BCUT2D eigenvalue weighted by Gasteiger charge is 2.23. The van der Waals surface area contributed by atoms with E-state index in [9.17, 15) is 0 Å². The van der Waals surface area contributed by atoms with Crippen molar-refractivity contribution < 1.29 is 0 Å². The average molecular weight is 255 g/mol. The predicted molar refractivity (Wildman–Crippen MR) is 77.8 cm³/mol. The molecule has 1 heterocycles. The molecule has 0 bridgehead atoms. The zero-order valence-electron chi connectivity index (χ0n) is 11.9. The van der Waals surface area contributed by atoms with Crippen LogP contribution in [0.15, 0.2) is 24.4 Å². The number of aromatic nitrogens is 2. The molecule has 0 amide bonds. The van der Waals surface area contributed by atoms with Crippen LogP contribution in [0.1, 0.15) is 41.3 Å². The first-order chi connectivity index (χ1) is 9.20. The summed E-state index contributed by atoms with van der Waals surface area (Å²) in [6, 6.07) is 7.02. The fourth-order valence-corrected chi connectivity index (χ4v) is 3.01. The number of benzene rings is 1. The summed E-state index contributed by atoms with van der Waals surface area (Å²) in [6.45, 7) is 4.29. The van der Waals surface area contributed by atoms with Crippen LogP contribution < -0.4 is 5.32 Å². The first-order valence-corrected chi connectivity index (χ1v) is 7.02. The van der Waals surface area contributed by atoms with Crippen molar-refractivity contribution in [3.05, 3.63) is 46.8 Å². The third kappa shape index (κ3) is 2.08. The molecule has 2 aromatic rings. The zero-order chi connectivity index (χ0) is 13.4. The van der Waals surface area contributed by atoms with Gasteiger partial charge in [-0.25, -0.2) is 4.68 Å². The number of nitrogens with one attached hydrogen (secondary N) is 1.